The highest BCUT2D eigenvalue weighted by atomic mass is 16.5. The van der Waals surface area contributed by atoms with Crippen molar-refractivity contribution in [3.05, 3.63) is 89.7 Å². The lowest BCUT2D eigenvalue weighted by Gasteiger charge is -2.33. The predicted octanol–water partition coefficient (Wildman–Crippen LogP) is 3.15. The summed E-state index contributed by atoms with van der Waals surface area (Å²) in [5.41, 5.74) is 3.50. The monoisotopic (exact) mass is 505 g/mol. The van der Waals surface area contributed by atoms with Crippen LogP contribution in [0.1, 0.15) is 0 Å². The van der Waals surface area contributed by atoms with Gasteiger partial charge in [0.25, 0.3) is 5.56 Å². The Morgan fingerprint density at radius 1 is 1.05 bits per heavy atom. The molecule has 4 aromatic heterocycles. The number of rotatable bonds is 5. The highest BCUT2D eigenvalue weighted by Gasteiger charge is 2.23. The van der Waals surface area contributed by atoms with Crippen LogP contribution in [0, 0.1) is 0 Å². The maximum Gasteiger partial charge on any atom is 0.267 e. The Bertz CT molecular complexity index is 1820. The van der Waals surface area contributed by atoms with E-state index in [4.69, 9.17) is 9.72 Å². The molecule has 11 nitrogen and oxygen atoms in total. The minimum Gasteiger partial charge on any atom is -0.485 e. The normalized spacial score (nSPS) is 15.0. The number of benzene rings is 2. The van der Waals surface area contributed by atoms with E-state index in [-0.39, 0.29) is 11.7 Å². The molecule has 2 aromatic carbocycles. The summed E-state index contributed by atoms with van der Waals surface area (Å²) in [4.78, 5) is 25.0. The second-order valence-electron chi connectivity index (χ2n) is 9.17. The highest BCUT2D eigenvalue weighted by Crippen LogP contribution is 2.32. The second kappa shape index (κ2) is 8.73. The van der Waals surface area contributed by atoms with Gasteiger partial charge in [0.15, 0.2) is 5.65 Å². The molecule has 7 rings (SSSR count). The molecule has 2 N–H and O–H groups in total. The quantitative estimate of drug-likeness (QED) is 0.367. The fourth-order valence-corrected chi connectivity index (χ4v) is 4.89. The van der Waals surface area contributed by atoms with Gasteiger partial charge in [0.1, 0.15) is 11.9 Å². The summed E-state index contributed by atoms with van der Waals surface area (Å²) in [6.07, 6.45) is 6.74. The number of H-pyrrole nitrogens is 1. The van der Waals surface area contributed by atoms with Crippen molar-refractivity contribution < 1.29 is 4.74 Å². The van der Waals surface area contributed by atoms with Crippen LogP contribution in [0.15, 0.2) is 84.2 Å². The zero-order chi connectivity index (χ0) is 25.6. The molecule has 6 aromatic rings. The number of nitrogens with one attached hydrogen (secondary N) is 2. The molecule has 0 amide bonds. The van der Waals surface area contributed by atoms with E-state index in [1.165, 1.54) is 6.20 Å². The number of hydrogen-bond donors (Lipinski definition) is 2. The summed E-state index contributed by atoms with van der Waals surface area (Å²) in [6, 6.07) is 17.4. The van der Waals surface area contributed by atoms with Crippen molar-refractivity contribution in [2.24, 2.45) is 0 Å². The molecule has 0 radical (unpaired) electrons. The maximum atomic E-state index is 13.6. The van der Waals surface area contributed by atoms with E-state index in [0.717, 1.165) is 23.7 Å². The molecule has 1 aliphatic rings. The van der Waals surface area contributed by atoms with Gasteiger partial charge in [0.05, 0.1) is 52.6 Å². The molecule has 5 heterocycles. The molecular formula is C27H23N9O2. The van der Waals surface area contributed by atoms with Gasteiger partial charge in [-0.15, -0.1) is 0 Å². The first-order valence-electron chi connectivity index (χ1n) is 12.2. The Labute approximate surface area is 216 Å². The molecule has 188 valence electrons. The van der Waals surface area contributed by atoms with E-state index in [9.17, 15) is 4.79 Å². The van der Waals surface area contributed by atoms with Crippen molar-refractivity contribution in [1.82, 2.24) is 34.5 Å². The van der Waals surface area contributed by atoms with Crippen LogP contribution >= 0.6 is 0 Å². The van der Waals surface area contributed by atoms with Crippen LogP contribution in [0.3, 0.4) is 0 Å². The lowest BCUT2D eigenvalue weighted by molar-refractivity contribution is 0.208. The molecule has 0 spiro atoms. The van der Waals surface area contributed by atoms with Crippen LogP contribution in [0.25, 0.3) is 33.3 Å². The molecule has 1 atom stereocenters. The van der Waals surface area contributed by atoms with Gasteiger partial charge in [0.2, 0.25) is 5.95 Å². The van der Waals surface area contributed by atoms with Crippen molar-refractivity contribution >= 4 is 33.6 Å². The zero-order valence-electron chi connectivity index (χ0n) is 20.4. The first-order valence-corrected chi connectivity index (χ1v) is 12.2. The molecule has 0 saturated heterocycles. The Morgan fingerprint density at radius 3 is 2.74 bits per heavy atom. The number of aromatic amines is 1. The Balaban J connectivity index is 1.25. The molecule has 1 unspecified atom stereocenters. The number of pyridine rings is 1. The minimum atomic E-state index is -0.216. The number of ether oxygens (including phenoxy) is 1. The third-order valence-electron chi connectivity index (χ3n) is 6.73. The number of aromatic nitrogens is 7. The fraction of sp³-hybridized carbons (Fsp3) is 0.148. The molecule has 1 aliphatic heterocycles. The van der Waals surface area contributed by atoms with Gasteiger partial charge >= 0.3 is 0 Å². The molecule has 11 heteroatoms. The molecule has 0 saturated carbocycles. The van der Waals surface area contributed by atoms with Gasteiger partial charge in [-0.3, -0.25) is 14.5 Å². The van der Waals surface area contributed by atoms with Crippen molar-refractivity contribution in [2.75, 3.05) is 30.4 Å². The number of anilines is 2. The summed E-state index contributed by atoms with van der Waals surface area (Å²) in [6.45, 7) is 1.22. The van der Waals surface area contributed by atoms with Crippen molar-refractivity contribution in [3.63, 3.8) is 0 Å². The van der Waals surface area contributed by atoms with Crippen molar-refractivity contribution in [2.45, 2.75) is 6.10 Å². The summed E-state index contributed by atoms with van der Waals surface area (Å²) in [5, 5.41) is 15.8. The third kappa shape index (κ3) is 3.63. The van der Waals surface area contributed by atoms with E-state index in [1.54, 1.807) is 21.6 Å². The van der Waals surface area contributed by atoms with Crippen LogP contribution in [0.4, 0.5) is 11.6 Å². The van der Waals surface area contributed by atoms with Gasteiger partial charge in [-0.1, -0.05) is 12.1 Å². The summed E-state index contributed by atoms with van der Waals surface area (Å²) in [5.74, 6) is 1.25. The van der Waals surface area contributed by atoms with Gasteiger partial charge in [-0.2, -0.15) is 15.2 Å². The predicted molar refractivity (Wildman–Crippen MR) is 145 cm³/mol. The summed E-state index contributed by atoms with van der Waals surface area (Å²) >= 11 is 0. The lowest BCUT2D eigenvalue weighted by Crippen LogP contribution is -2.41. The SMILES string of the molecule is CN1CC(CNc2ncc3c4[nH]ncc4c(=O)n(-c4ccc(-n5cccn5)cc4)c3n2)Oc2ccccc21. The molecular weight excluding hydrogens is 482 g/mol. The highest BCUT2D eigenvalue weighted by molar-refractivity contribution is 6.02. The number of fused-ring (bicyclic) bond motifs is 4. The number of nitrogens with zero attached hydrogens (tertiary/aromatic N) is 7. The van der Waals surface area contributed by atoms with Gasteiger partial charge in [-0.05, 0) is 42.5 Å². The number of hydrogen-bond acceptors (Lipinski definition) is 8. The second-order valence-corrected chi connectivity index (χ2v) is 9.17. The van der Waals surface area contributed by atoms with Crippen molar-refractivity contribution in [3.8, 4) is 17.1 Å². The fourth-order valence-electron chi connectivity index (χ4n) is 4.89. The topological polar surface area (TPSA) is 119 Å². The zero-order valence-corrected chi connectivity index (χ0v) is 20.4. The average molecular weight is 506 g/mol. The van der Waals surface area contributed by atoms with E-state index in [2.05, 4.69) is 30.5 Å². The Morgan fingerprint density at radius 2 is 1.89 bits per heavy atom. The largest absolute Gasteiger partial charge is 0.485 e. The first-order chi connectivity index (χ1) is 18.7. The van der Waals surface area contributed by atoms with Gasteiger partial charge in [-0.25, -0.2) is 9.67 Å². The van der Waals surface area contributed by atoms with Crippen LogP contribution in [0.5, 0.6) is 5.75 Å². The maximum absolute atomic E-state index is 13.6. The number of likely N-dealkylation sites (N-methyl/N-ethyl adjacent to an activating group) is 1. The third-order valence-corrected chi connectivity index (χ3v) is 6.73. The molecule has 0 bridgehead atoms. The van der Waals surface area contributed by atoms with E-state index in [0.29, 0.717) is 40.1 Å². The minimum absolute atomic E-state index is 0.0960. The molecule has 38 heavy (non-hydrogen) atoms. The van der Waals surface area contributed by atoms with E-state index >= 15 is 0 Å². The van der Waals surface area contributed by atoms with E-state index < -0.39 is 0 Å². The Hall–Kier alpha value is -5.19. The number of para-hydroxylation sites is 2. The average Bonchev–Trinajstić information content (AvgIpc) is 3.66. The van der Waals surface area contributed by atoms with Crippen LogP contribution in [-0.4, -0.2) is 60.8 Å². The van der Waals surface area contributed by atoms with Gasteiger partial charge < -0.3 is 15.0 Å². The summed E-state index contributed by atoms with van der Waals surface area (Å²) < 4.78 is 9.53. The summed E-state index contributed by atoms with van der Waals surface area (Å²) in [7, 11) is 2.05. The van der Waals surface area contributed by atoms with Crippen molar-refractivity contribution in [1.29, 1.82) is 0 Å². The Kier molecular flexibility index (Phi) is 5.06. The molecule has 0 fully saturated rings. The molecule has 0 aliphatic carbocycles. The smallest absolute Gasteiger partial charge is 0.267 e. The van der Waals surface area contributed by atoms with Gasteiger partial charge in [0, 0.05) is 25.6 Å². The van der Waals surface area contributed by atoms with Crippen LogP contribution in [-0.2, 0) is 0 Å². The van der Waals surface area contributed by atoms with Crippen LogP contribution in [0.2, 0.25) is 0 Å². The van der Waals surface area contributed by atoms with E-state index in [1.807, 2.05) is 67.8 Å². The van der Waals surface area contributed by atoms with Crippen LogP contribution < -0.4 is 20.5 Å². The standard InChI is InChI=1S/C27H23N9O2/c1-34-16-19(38-23-6-3-2-5-22(23)34)13-28-27-29-14-20-24-21(15-30-33-24)26(37)36(25(20)32-27)18-9-7-17(8-10-18)35-12-4-11-31-35/h2-12,14-15,19H,13,16H2,1H3,(H,30,33)(H,28,29,32). The first kappa shape index (κ1) is 22.0. The lowest BCUT2D eigenvalue weighted by atomic mass is 10.2.